The van der Waals surface area contributed by atoms with E-state index < -0.39 is 0 Å². The van der Waals surface area contributed by atoms with E-state index in [4.69, 9.17) is 5.73 Å². The third-order valence-corrected chi connectivity index (χ3v) is 3.32. The minimum atomic E-state index is 0.103. The molecule has 1 aromatic heterocycles. The largest absolute Gasteiger partial charge is 0.350 e. The summed E-state index contributed by atoms with van der Waals surface area (Å²) >= 11 is 0. The molecule has 0 bridgehead atoms. The Morgan fingerprint density at radius 2 is 2.33 bits per heavy atom. The molecule has 0 aliphatic heterocycles. The summed E-state index contributed by atoms with van der Waals surface area (Å²) in [6.45, 7) is 3.39. The fourth-order valence-corrected chi connectivity index (χ4v) is 1.98. The SMILES string of the molecule is CCC(CCN)CCC(=O)NCc1ccnn1C. The Kier molecular flexibility index (Phi) is 6.43. The van der Waals surface area contributed by atoms with Gasteiger partial charge in [-0.15, -0.1) is 0 Å². The lowest BCUT2D eigenvalue weighted by atomic mass is 9.96. The summed E-state index contributed by atoms with van der Waals surface area (Å²) in [6, 6.07) is 1.91. The van der Waals surface area contributed by atoms with Crippen LogP contribution in [0.5, 0.6) is 0 Å². The van der Waals surface area contributed by atoms with Gasteiger partial charge >= 0.3 is 0 Å². The number of aromatic nitrogens is 2. The molecule has 5 heteroatoms. The van der Waals surface area contributed by atoms with Gasteiger partial charge in [0.15, 0.2) is 0 Å². The van der Waals surface area contributed by atoms with Crippen LogP contribution in [0.25, 0.3) is 0 Å². The van der Waals surface area contributed by atoms with Crippen molar-refractivity contribution in [2.45, 2.75) is 39.2 Å². The highest BCUT2D eigenvalue weighted by atomic mass is 16.1. The first-order chi connectivity index (χ1) is 8.67. The summed E-state index contributed by atoms with van der Waals surface area (Å²) in [5.41, 5.74) is 6.55. The number of nitrogens with two attached hydrogens (primary N) is 1. The molecule has 0 spiro atoms. The molecule has 1 rings (SSSR count). The summed E-state index contributed by atoms with van der Waals surface area (Å²) < 4.78 is 1.77. The highest BCUT2D eigenvalue weighted by Crippen LogP contribution is 2.14. The molecule has 1 atom stereocenters. The molecule has 5 nitrogen and oxygen atoms in total. The number of carbonyl (C=O) groups excluding carboxylic acids is 1. The lowest BCUT2D eigenvalue weighted by molar-refractivity contribution is -0.121. The monoisotopic (exact) mass is 252 g/mol. The van der Waals surface area contributed by atoms with Gasteiger partial charge in [0.1, 0.15) is 0 Å². The van der Waals surface area contributed by atoms with Crippen molar-refractivity contribution in [1.82, 2.24) is 15.1 Å². The minimum absolute atomic E-state index is 0.103. The van der Waals surface area contributed by atoms with Crippen LogP contribution in [0.2, 0.25) is 0 Å². The number of hydrogen-bond donors (Lipinski definition) is 2. The Hall–Kier alpha value is -1.36. The zero-order valence-corrected chi connectivity index (χ0v) is 11.4. The molecule has 0 saturated carbocycles. The Labute approximate surface area is 109 Å². The predicted octanol–water partition coefficient (Wildman–Crippen LogP) is 1.19. The first-order valence-corrected chi connectivity index (χ1v) is 6.61. The smallest absolute Gasteiger partial charge is 0.220 e. The van der Waals surface area contributed by atoms with E-state index in [1.807, 2.05) is 13.1 Å². The molecule has 0 radical (unpaired) electrons. The maximum absolute atomic E-state index is 11.7. The van der Waals surface area contributed by atoms with E-state index in [0.29, 0.717) is 25.4 Å². The van der Waals surface area contributed by atoms with Gasteiger partial charge in [-0.2, -0.15) is 5.10 Å². The molecule has 1 aromatic rings. The number of carbonyl (C=O) groups is 1. The molecule has 1 heterocycles. The van der Waals surface area contributed by atoms with Crippen LogP contribution in [0, 0.1) is 5.92 Å². The molecule has 3 N–H and O–H groups in total. The Morgan fingerprint density at radius 1 is 1.56 bits per heavy atom. The van der Waals surface area contributed by atoms with Gasteiger partial charge in [-0.05, 0) is 31.4 Å². The van der Waals surface area contributed by atoms with E-state index in [0.717, 1.165) is 25.0 Å². The van der Waals surface area contributed by atoms with Gasteiger partial charge in [0, 0.05) is 19.7 Å². The molecule has 18 heavy (non-hydrogen) atoms. The number of rotatable bonds is 8. The van der Waals surface area contributed by atoms with Crippen LogP contribution in [0.3, 0.4) is 0 Å². The molecule has 0 aliphatic carbocycles. The van der Waals surface area contributed by atoms with Gasteiger partial charge in [-0.3, -0.25) is 9.48 Å². The maximum Gasteiger partial charge on any atom is 0.220 e. The molecular weight excluding hydrogens is 228 g/mol. The maximum atomic E-state index is 11.7. The molecule has 0 aromatic carbocycles. The Bertz CT molecular complexity index is 362. The van der Waals surface area contributed by atoms with Crippen LogP contribution in [0.4, 0.5) is 0 Å². The van der Waals surface area contributed by atoms with Crippen molar-refractivity contribution in [3.05, 3.63) is 18.0 Å². The quantitative estimate of drug-likeness (QED) is 0.730. The zero-order valence-electron chi connectivity index (χ0n) is 11.4. The fourth-order valence-electron chi connectivity index (χ4n) is 1.98. The molecule has 0 aliphatic rings. The van der Waals surface area contributed by atoms with Crippen LogP contribution in [0.15, 0.2) is 12.3 Å². The van der Waals surface area contributed by atoms with Crippen molar-refractivity contribution in [2.75, 3.05) is 6.54 Å². The van der Waals surface area contributed by atoms with Crippen molar-refractivity contribution in [3.8, 4) is 0 Å². The molecule has 102 valence electrons. The number of nitrogens with one attached hydrogen (secondary N) is 1. The number of amides is 1. The van der Waals surface area contributed by atoms with Crippen LogP contribution in [-0.4, -0.2) is 22.2 Å². The van der Waals surface area contributed by atoms with Crippen molar-refractivity contribution in [3.63, 3.8) is 0 Å². The van der Waals surface area contributed by atoms with E-state index in [2.05, 4.69) is 17.3 Å². The van der Waals surface area contributed by atoms with Gasteiger partial charge in [0.2, 0.25) is 5.91 Å². The average Bonchev–Trinajstić information content (AvgIpc) is 2.77. The van der Waals surface area contributed by atoms with Crippen molar-refractivity contribution in [1.29, 1.82) is 0 Å². The van der Waals surface area contributed by atoms with Gasteiger partial charge in [0.05, 0.1) is 12.2 Å². The fraction of sp³-hybridized carbons (Fsp3) is 0.692. The summed E-state index contributed by atoms with van der Waals surface area (Å²) in [4.78, 5) is 11.7. The van der Waals surface area contributed by atoms with Crippen LogP contribution >= 0.6 is 0 Å². The minimum Gasteiger partial charge on any atom is -0.350 e. The normalized spacial score (nSPS) is 12.4. The van der Waals surface area contributed by atoms with Gasteiger partial charge in [-0.25, -0.2) is 0 Å². The summed E-state index contributed by atoms with van der Waals surface area (Å²) in [6.07, 6.45) is 5.33. The summed E-state index contributed by atoms with van der Waals surface area (Å²) in [5, 5.41) is 6.97. The predicted molar refractivity (Wildman–Crippen MR) is 71.7 cm³/mol. The van der Waals surface area contributed by atoms with Gasteiger partial charge in [0.25, 0.3) is 0 Å². The number of hydrogen-bond acceptors (Lipinski definition) is 3. The third-order valence-electron chi connectivity index (χ3n) is 3.32. The zero-order chi connectivity index (χ0) is 13.4. The Morgan fingerprint density at radius 3 is 2.89 bits per heavy atom. The molecule has 0 fully saturated rings. The van der Waals surface area contributed by atoms with Crippen molar-refractivity contribution < 1.29 is 4.79 Å². The second-order valence-corrected chi connectivity index (χ2v) is 4.61. The summed E-state index contributed by atoms with van der Waals surface area (Å²) in [7, 11) is 1.87. The molecule has 0 saturated heterocycles. The van der Waals surface area contributed by atoms with Crippen LogP contribution in [0.1, 0.15) is 38.3 Å². The third kappa shape index (κ3) is 4.87. The van der Waals surface area contributed by atoms with Gasteiger partial charge in [-0.1, -0.05) is 13.3 Å². The van der Waals surface area contributed by atoms with E-state index >= 15 is 0 Å². The van der Waals surface area contributed by atoms with Crippen LogP contribution in [-0.2, 0) is 18.4 Å². The van der Waals surface area contributed by atoms with E-state index in [1.165, 1.54) is 0 Å². The average molecular weight is 252 g/mol. The van der Waals surface area contributed by atoms with E-state index in [9.17, 15) is 4.79 Å². The Balaban J connectivity index is 2.23. The van der Waals surface area contributed by atoms with Crippen LogP contribution < -0.4 is 11.1 Å². The highest BCUT2D eigenvalue weighted by Gasteiger charge is 2.09. The van der Waals surface area contributed by atoms with Crippen molar-refractivity contribution >= 4 is 5.91 Å². The topological polar surface area (TPSA) is 72.9 Å². The summed E-state index contributed by atoms with van der Waals surface area (Å²) in [5.74, 6) is 0.670. The standard InChI is InChI=1S/C13H24N4O/c1-3-11(6-8-14)4-5-13(18)15-10-12-7-9-16-17(12)2/h7,9,11H,3-6,8,10,14H2,1-2H3,(H,15,18). The van der Waals surface area contributed by atoms with Crippen molar-refractivity contribution in [2.24, 2.45) is 18.7 Å². The van der Waals surface area contributed by atoms with Gasteiger partial charge < -0.3 is 11.1 Å². The second kappa shape index (κ2) is 7.87. The molecule has 1 amide bonds. The van der Waals surface area contributed by atoms with E-state index in [-0.39, 0.29) is 5.91 Å². The number of nitrogens with zero attached hydrogens (tertiary/aromatic N) is 2. The highest BCUT2D eigenvalue weighted by molar-refractivity contribution is 5.75. The van der Waals surface area contributed by atoms with E-state index in [1.54, 1.807) is 10.9 Å². The number of aryl methyl sites for hydroxylation is 1. The molecular formula is C13H24N4O. The lowest BCUT2D eigenvalue weighted by Crippen LogP contribution is -2.24. The first kappa shape index (κ1) is 14.7. The second-order valence-electron chi connectivity index (χ2n) is 4.61. The first-order valence-electron chi connectivity index (χ1n) is 6.61. The molecule has 1 unspecified atom stereocenters. The lowest BCUT2D eigenvalue weighted by Gasteiger charge is -2.13.